The summed E-state index contributed by atoms with van der Waals surface area (Å²) in [5, 5.41) is 12.4. The van der Waals surface area contributed by atoms with Crippen molar-refractivity contribution in [3.8, 4) is 17.2 Å². The molecule has 1 aromatic heterocycles. The van der Waals surface area contributed by atoms with Gasteiger partial charge in [0.25, 0.3) is 0 Å². The fourth-order valence-corrected chi connectivity index (χ4v) is 4.09. The number of carboxylic acid groups (broad SMARTS) is 1. The first-order valence-electron chi connectivity index (χ1n) is 12.7. The molecule has 2 N–H and O–H groups in total. The van der Waals surface area contributed by atoms with Gasteiger partial charge in [-0.25, -0.2) is 22.9 Å². The van der Waals surface area contributed by atoms with Gasteiger partial charge < -0.3 is 19.6 Å². The summed E-state index contributed by atoms with van der Waals surface area (Å²) in [6.07, 6.45) is 1.53. The number of aryl methyl sites for hydroxylation is 1. The molecular formula is C31H27F3N2O5. The second kappa shape index (κ2) is 13.0. The maximum absolute atomic E-state index is 13.9. The van der Waals surface area contributed by atoms with Gasteiger partial charge >= 0.3 is 5.97 Å². The second-order valence-electron chi connectivity index (χ2n) is 9.28. The largest absolute Gasteiger partial charge is 0.493 e. The maximum atomic E-state index is 13.9. The minimum Gasteiger partial charge on any atom is -0.493 e. The molecule has 0 unspecified atom stereocenters. The molecule has 1 atom stereocenters. The van der Waals surface area contributed by atoms with Crippen molar-refractivity contribution in [2.24, 2.45) is 0 Å². The first kappa shape index (κ1) is 29.1. The van der Waals surface area contributed by atoms with Gasteiger partial charge in [-0.2, -0.15) is 0 Å². The number of aliphatic carboxylic acids is 1. The standard InChI is InChI=1S/C31H27F3N2O5/c1-18(16-27(37)23-12-13-24(32)29(34)28(23)33)35-26(31(38)39)17-20-8-10-22(11-9-20)40-15-14-25-19(2)41-30(36-25)21-6-4-3-5-7-21/h3-13,16,26,35H,14-15,17H2,1-2H3,(H,38,39)/b18-16-/t26-/m0/s1. The molecule has 10 heteroatoms. The number of benzene rings is 3. The van der Waals surface area contributed by atoms with Crippen LogP contribution < -0.4 is 10.1 Å². The number of hydrogen-bond acceptors (Lipinski definition) is 6. The summed E-state index contributed by atoms with van der Waals surface area (Å²) in [5.74, 6) is -5.03. The third-order valence-electron chi connectivity index (χ3n) is 6.23. The van der Waals surface area contributed by atoms with Crippen LogP contribution in [0.5, 0.6) is 5.75 Å². The van der Waals surface area contributed by atoms with Gasteiger partial charge in [-0.1, -0.05) is 30.3 Å². The SMILES string of the molecule is C/C(=C/C(=O)c1ccc(F)c(F)c1F)N[C@@H](Cc1ccc(OCCc2nc(-c3ccccc3)oc2C)cc1)C(=O)O. The first-order chi connectivity index (χ1) is 19.6. The van der Waals surface area contributed by atoms with Crippen LogP contribution in [0.4, 0.5) is 13.2 Å². The summed E-state index contributed by atoms with van der Waals surface area (Å²) < 4.78 is 52.1. The smallest absolute Gasteiger partial charge is 0.326 e. The van der Waals surface area contributed by atoms with E-state index >= 15 is 0 Å². The highest BCUT2D eigenvalue weighted by Gasteiger charge is 2.20. The van der Waals surface area contributed by atoms with Gasteiger partial charge in [0.1, 0.15) is 17.6 Å². The Morgan fingerprint density at radius 1 is 1.02 bits per heavy atom. The van der Waals surface area contributed by atoms with E-state index in [0.29, 0.717) is 36.3 Å². The molecule has 1 heterocycles. The van der Waals surface area contributed by atoms with Crippen molar-refractivity contribution in [1.29, 1.82) is 0 Å². The summed E-state index contributed by atoms with van der Waals surface area (Å²) >= 11 is 0. The molecule has 0 amide bonds. The number of oxazole rings is 1. The highest BCUT2D eigenvalue weighted by atomic mass is 19.2. The molecule has 4 aromatic rings. The number of carbonyl (C=O) groups is 2. The summed E-state index contributed by atoms with van der Waals surface area (Å²) in [5.41, 5.74) is 1.82. The Bertz CT molecular complexity index is 1570. The monoisotopic (exact) mass is 564 g/mol. The Balaban J connectivity index is 1.32. The minimum atomic E-state index is -1.75. The zero-order chi connectivity index (χ0) is 29.5. The Kier molecular flexibility index (Phi) is 9.23. The van der Waals surface area contributed by atoms with Gasteiger partial charge in [0.15, 0.2) is 23.2 Å². The molecule has 0 radical (unpaired) electrons. The van der Waals surface area contributed by atoms with E-state index in [1.54, 1.807) is 24.3 Å². The van der Waals surface area contributed by atoms with E-state index in [1.165, 1.54) is 6.92 Å². The number of ketones is 1. The molecule has 3 aromatic carbocycles. The minimum absolute atomic E-state index is 0.0644. The van der Waals surface area contributed by atoms with E-state index in [9.17, 15) is 27.9 Å². The van der Waals surface area contributed by atoms with Crippen LogP contribution in [-0.4, -0.2) is 34.5 Å². The number of carbonyl (C=O) groups excluding carboxylic acids is 1. The maximum Gasteiger partial charge on any atom is 0.326 e. The van der Waals surface area contributed by atoms with Crippen molar-refractivity contribution in [2.45, 2.75) is 32.7 Å². The van der Waals surface area contributed by atoms with Crippen LogP contribution >= 0.6 is 0 Å². The Hall–Kier alpha value is -4.86. The fraction of sp³-hybridized carbons (Fsp3) is 0.194. The van der Waals surface area contributed by atoms with Crippen LogP contribution in [0.2, 0.25) is 0 Å². The number of nitrogens with zero attached hydrogens (tertiary/aromatic N) is 1. The Labute approximate surface area is 234 Å². The average molecular weight is 565 g/mol. The van der Waals surface area contributed by atoms with Crippen molar-refractivity contribution >= 4 is 11.8 Å². The predicted molar refractivity (Wildman–Crippen MR) is 145 cm³/mol. The van der Waals surface area contributed by atoms with Crippen molar-refractivity contribution in [3.63, 3.8) is 0 Å². The molecule has 0 saturated carbocycles. The molecule has 0 bridgehead atoms. The number of nitrogens with one attached hydrogen (secondary N) is 1. The van der Waals surface area contributed by atoms with Gasteiger partial charge in [0.2, 0.25) is 5.89 Å². The lowest BCUT2D eigenvalue weighted by Crippen LogP contribution is -2.37. The van der Waals surface area contributed by atoms with Crippen LogP contribution in [0, 0.1) is 24.4 Å². The van der Waals surface area contributed by atoms with Crippen LogP contribution in [0.15, 0.2) is 82.9 Å². The van der Waals surface area contributed by atoms with Crippen LogP contribution in [0.1, 0.15) is 34.3 Å². The Morgan fingerprint density at radius 2 is 1.73 bits per heavy atom. The third-order valence-corrected chi connectivity index (χ3v) is 6.23. The highest BCUT2D eigenvalue weighted by molar-refractivity contribution is 6.05. The van der Waals surface area contributed by atoms with E-state index in [-0.39, 0.29) is 12.1 Å². The number of ether oxygens (including phenoxy) is 1. The fourth-order valence-electron chi connectivity index (χ4n) is 4.09. The van der Waals surface area contributed by atoms with Gasteiger partial charge in [-0.15, -0.1) is 0 Å². The van der Waals surface area contributed by atoms with Gasteiger partial charge in [0.05, 0.1) is 17.9 Å². The van der Waals surface area contributed by atoms with Gasteiger partial charge in [0, 0.05) is 30.2 Å². The molecule has 41 heavy (non-hydrogen) atoms. The number of aromatic nitrogens is 1. The predicted octanol–water partition coefficient (Wildman–Crippen LogP) is 6.06. The molecule has 7 nitrogen and oxygen atoms in total. The molecular weight excluding hydrogens is 537 g/mol. The lowest BCUT2D eigenvalue weighted by molar-refractivity contribution is -0.139. The van der Waals surface area contributed by atoms with E-state index < -0.39 is 40.8 Å². The van der Waals surface area contributed by atoms with Crippen molar-refractivity contribution in [2.75, 3.05) is 6.61 Å². The van der Waals surface area contributed by atoms with E-state index in [4.69, 9.17) is 9.15 Å². The molecule has 0 fully saturated rings. The zero-order valence-corrected chi connectivity index (χ0v) is 22.3. The average Bonchev–Trinajstić information content (AvgIpc) is 3.32. The van der Waals surface area contributed by atoms with Crippen molar-refractivity contribution < 1.29 is 37.0 Å². The molecule has 0 saturated heterocycles. The molecule has 4 rings (SSSR count). The van der Waals surface area contributed by atoms with E-state index in [1.807, 2.05) is 37.3 Å². The number of allylic oxidation sites excluding steroid dienone is 2. The topological polar surface area (TPSA) is 102 Å². The summed E-state index contributed by atoms with van der Waals surface area (Å²) in [4.78, 5) is 28.7. The number of carboxylic acids is 1. The van der Waals surface area contributed by atoms with Crippen LogP contribution in [0.25, 0.3) is 11.5 Å². The second-order valence-corrected chi connectivity index (χ2v) is 9.28. The molecule has 212 valence electrons. The van der Waals surface area contributed by atoms with Crippen molar-refractivity contribution in [3.05, 3.63) is 119 Å². The first-order valence-corrected chi connectivity index (χ1v) is 12.7. The van der Waals surface area contributed by atoms with Gasteiger partial charge in [-0.3, -0.25) is 4.79 Å². The quantitative estimate of drug-likeness (QED) is 0.123. The number of halogens is 3. The van der Waals surface area contributed by atoms with Crippen molar-refractivity contribution in [1.82, 2.24) is 10.3 Å². The van der Waals surface area contributed by atoms with Crippen LogP contribution in [-0.2, 0) is 17.6 Å². The lowest BCUT2D eigenvalue weighted by Gasteiger charge is -2.16. The third kappa shape index (κ3) is 7.42. The number of hydrogen-bond donors (Lipinski definition) is 2. The summed E-state index contributed by atoms with van der Waals surface area (Å²) in [6, 6.07) is 16.8. The number of rotatable bonds is 12. The Morgan fingerprint density at radius 3 is 2.41 bits per heavy atom. The molecule has 0 aliphatic rings. The van der Waals surface area contributed by atoms with E-state index in [2.05, 4.69) is 10.3 Å². The molecule has 0 aliphatic carbocycles. The zero-order valence-electron chi connectivity index (χ0n) is 22.3. The molecule has 0 aliphatic heterocycles. The van der Waals surface area contributed by atoms with Gasteiger partial charge in [-0.05, 0) is 55.8 Å². The van der Waals surface area contributed by atoms with E-state index in [0.717, 1.165) is 29.2 Å². The molecule has 0 spiro atoms. The summed E-state index contributed by atoms with van der Waals surface area (Å²) in [6.45, 7) is 3.63. The normalized spacial score (nSPS) is 12.2. The summed E-state index contributed by atoms with van der Waals surface area (Å²) in [7, 11) is 0. The lowest BCUT2D eigenvalue weighted by atomic mass is 10.0. The highest BCUT2D eigenvalue weighted by Crippen LogP contribution is 2.22. The van der Waals surface area contributed by atoms with Crippen LogP contribution in [0.3, 0.4) is 0 Å².